The molecule has 2 rings (SSSR count). The van der Waals surface area contributed by atoms with E-state index < -0.39 is 11.5 Å². The van der Waals surface area contributed by atoms with Crippen LogP contribution in [0.3, 0.4) is 0 Å². The molecule has 0 aromatic heterocycles. The number of ether oxygens (including phenoxy) is 1. The SMILES string of the molecule is O=C(CCc1ccc(Br)cc1)NC1(C(=O)O)CCOC1. The first-order chi connectivity index (χ1) is 9.52. The lowest BCUT2D eigenvalue weighted by Gasteiger charge is -2.23. The van der Waals surface area contributed by atoms with Crippen molar-refractivity contribution in [2.75, 3.05) is 13.2 Å². The number of carboxylic acid groups (broad SMARTS) is 1. The highest BCUT2D eigenvalue weighted by molar-refractivity contribution is 9.10. The van der Waals surface area contributed by atoms with Crippen LogP contribution < -0.4 is 5.32 Å². The molecule has 1 aromatic carbocycles. The Balaban J connectivity index is 1.89. The van der Waals surface area contributed by atoms with E-state index in [4.69, 9.17) is 4.74 Å². The molecule has 1 atom stereocenters. The molecule has 1 saturated heterocycles. The lowest BCUT2D eigenvalue weighted by Crippen LogP contribution is -2.55. The van der Waals surface area contributed by atoms with Crippen LogP contribution in [0.5, 0.6) is 0 Å². The van der Waals surface area contributed by atoms with Crippen molar-refractivity contribution in [1.82, 2.24) is 5.32 Å². The van der Waals surface area contributed by atoms with Gasteiger partial charge in [-0.25, -0.2) is 4.79 Å². The van der Waals surface area contributed by atoms with E-state index in [0.717, 1.165) is 10.0 Å². The van der Waals surface area contributed by atoms with Crippen molar-refractivity contribution < 1.29 is 19.4 Å². The number of benzene rings is 1. The number of hydrogen-bond donors (Lipinski definition) is 2. The van der Waals surface area contributed by atoms with E-state index in [0.29, 0.717) is 19.4 Å². The van der Waals surface area contributed by atoms with Gasteiger partial charge in [-0.15, -0.1) is 0 Å². The van der Waals surface area contributed by atoms with Gasteiger partial charge in [0.2, 0.25) is 5.91 Å². The molecular formula is C14H16BrNO4. The van der Waals surface area contributed by atoms with Crippen molar-refractivity contribution in [2.45, 2.75) is 24.8 Å². The van der Waals surface area contributed by atoms with E-state index in [2.05, 4.69) is 21.2 Å². The van der Waals surface area contributed by atoms with Gasteiger partial charge < -0.3 is 15.2 Å². The fourth-order valence-corrected chi connectivity index (χ4v) is 2.39. The molecule has 2 N–H and O–H groups in total. The van der Waals surface area contributed by atoms with Gasteiger partial charge >= 0.3 is 5.97 Å². The number of carbonyl (C=O) groups is 2. The Hall–Kier alpha value is -1.40. The lowest BCUT2D eigenvalue weighted by molar-refractivity contribution is -0.147. The minimum absolute atomic E-state index is 0.0341. The molecular weight excluding hydrogens is 326 g/mol. The highest BCUT2D eigenvalue weighted by Gasteiger charge is 2.43. The zero-order valence-corrected chi connectivity index (χ0v) is 12.5. The fourth-order valence-electron chi connectivity index (χ4n) is 2.12. The van der Waals surface area contributed by atoms with Crippen molar-refractivity contribution in [3.8, 4) is 0 Å². The Bertz CT molecular complexity index is 494. The summed E-state index contributed by atoms with van der Waals surface area (Å²) in [5.41, 5.74) is -0.216. The largest absolute Gasteiger partial charge is 0.479 e. The molecule has 1 fully saturated rings. The Morgan fingerprint density at radius 1 is 1.35 bits per heavy atom. The summed E-state index contributed by atoms with van der Waals surface area (Å²) in [5.74, 6) is -1.30. The van der Waals surface area contributed by atoms with Crippen molar-refractivity contribution in [3.05, 3.63) is 34.3 Å². The Labute approximate surface area is 125 Å². The van der Waals surface area contributed by atoms with Crippen molar-refractivity contribution in [2.24, 2.45) is 0 Å². The van der Waals surface area contributed by atoms with Crippen LogP contribution in [-0.2, 0) is 20.7 Å². The molecule has 5 nitrogen and oxygen atoms in total. The summed E-state index contributed by atoms with van der Waals surface area (Å²) in [4.78, 5) is 23.2. The number of halogens is 1. The van der Waals surface area contributed by atoms with Gasteiger partial charge in [0.25, 0.3) is 0 Å². The topological polar surface area (TPSA) is 75.6 Å². The second-order valence-corrected chi connectivity index (χ2v) is 5.78. The zero-order chi connectivity index (χ0) is 14.6. The molecule has 0 bridgehead atoms. The first-order valence-electron chi connectivity index (χ1n) is 6.38. The van der Waals surface area contributed by atoms with Crippen LogP contribution in [0.2, 0.25) is 0 Å². The molecule has 0 aliphatic carbocycles. The minimum atomic E-state index is -1.25. The van der Waals surface area contributed by atoms with E-state index in [9.17, 15) is 14.7 Å². The summed E-state index contributed by atoms with van der Waals surface area (Å²) >= 11 is 3.35. The predicted molar refractivity (Wildman–Crippen MR) is 76.4 cm³/mol. The normalized spacial score (nSPS) is 21.6. The van der Waals surface area contributed by atoms with Gasteiger partial charge in [0, 0.05) is 23.9 Å². The summed E-state index contributed by atoms with van der Waals surface area (Å²) in [5, 5.41) is 11.8. The highest BCUT2D eigenvalue weighted by Crippen LogP contribution is 2.19. The maximum absolute atomic E-state index is 11.9. The van der Waals surface area contributed by atoms with Crippen LogP contribution in [0, 0.1) is 0 Å². The quantitative estimate of drug-likeness (QED) is 0.855. The number of nitrogens with one attached hydrogen (secondary N) is 1. The summed E-state index contributed by atoms with van der Waals surface area (Å²) < 4.78 is 6.08. The maximum atomic E-state index is 11.9. The summed E-state index contributed by atoms with van der Waals surface area (Å²) in [6.07, 6.45) is 1.15. The van der Waals surface area contributed by atoms with Gasteiger partial charge in [-0.2, -0.15) is 0 Å². The van der Waals surface area contributed by atoms with Crippen molar-refractivity contribution >= 4 is 27.8 Å². The number of carbonyl (C=O) groups excluding carboxylic acids is 1. The van der Waals surface area contributed by atoms with Crippen molar-refractivity contribution in [1.29, 1.82) is 0 Å². The molecule has 108 valence electrons. The zero-order valence-electron chi connectivity index (χ0n) is 10.9. The average molecular weight is 342 g/mol. The summed E-state index contributed by atoms with van der Waals surface area (Å²) in [7, 11) is 0. The third kappa shape index (κ3) is 3.58. The molecule has 1 aromatic rings. The van der Waals surface area contributed by atoms with Crippen LogP contribution in [-0.4, -0.2) is 35.7 Å². The van der Waals surface area contributed by atoms with Gasteiger partial charge in [-0.05, 0) is 24.1 Å². The van der Waals surface area contributed by atoms with Gasteiger partial charge in [-0.3, -0.25) is 4.79 Å². The number of aryl methyl sites for hydroxylation is 1. The summed E-state index contributed by atoms with van der Waals surface area (Å²) in [6.45, 7) is 0.394. The van der Waals surface area contributed by atoms with Crippen LogP contribution in [0.25, 0.3) is 0 Å². The van der Waals surface area contributed by atoms with Crippen LogP contribution in [0.15, 0.2) is 28.7 Å². The third-order valence-corrected chi connectivity index (χ3v) is 3.89. The van der Waals surface area contributed by atoms with E-state index in [1.165, 1.54) is 0 Å². The maximum Gasteiger partial charge on any atom is 0.331 e. The lowest BCUT2D eigenvalue weighted by atomic mass is 9.98. The summed E-state index contributed by atoms with van der Waals surface area (Å²) in [6, 6.07) is 7.69. The van der Waals surface area contributed by atoms with Gasteiger partial charge in [-0.1, -0.05) is 28.1 Å². The van der Waals surface area contributed by atoms with E-state index in [1.54, 1.807) is 0 Å². The van der Waals surface area contributed by atoms with Crippen LogP contribution in [0.4, 0.5) is 0 Å². The second-order valence-electron chi connectivity index (χ2n) is 4.86. The molecule has 1 aliphatic heterocycles. The fraction of sp³-hybridized carbons (Fsp3) is 0.429. The molecule has 1 amide bonds. The first kappa shape index (κ1) is 15.0. The Morgan fingerprint density at radius 3 is 2.60 bits per heavy atom. The number of hydrogen-bond acceptors (Lipinski definition) is 3. The minimum Gasteiger partial charge on any atom is -0.479 e. The van der Waals surface area contributed by atoms with E-state index in [1.807, 2.05) is 24.3 Å². The monoisotopic (exact) mass is 341 g/mol. The smallest absolute Gasteiger partial charge is 0.331 e. The standard InChI is InChI=1S/C14H16BrNO4/c15-11-4-1-10(2-5-11)3-6-12(17)16-14(13(18)19)7-8-20-9-14/h1-2,4-5H,3,6-9H2,(H,16,17)(H,18,19). The molecule has 1 unspecified atom stereocenters. The molecule has 0 saturated carbocycles. The molecule has 6 heteroatoms. The van der Waals surface area contributed by atoms with Gasteiger partial charge in [0.15, 0.2) is 5.54 Å². The van der Waals surface area contributed by atoms with Gasteiger partial charge in [0.1, 0.15) is 0 Å². The molecule has 20 heavy (non-hydrogen) atoms. The third-order valence-electron chi connectivity index (χ3n) is 3.36. The molecule has 0 radical (unpaired) electrons. The van der Waals surface area contributed by atoms with E-state index in [-0.39, 0.29) is 18.9 Å². The van der Waals surface area contributed by atoms with E-state index >= 15 is 0 Å². The number of aliphatic carboxylic acids is 1. The Kier molecular flexibility index (Phi) is 4.77. The van der Waals surface area contributed by atoms with Crippen LogP contribution in [0.1, 0.15) is 18.4 Å². The van der Waals surface area contributed by atoms with Crippen LogP contribution >= 0.6 is 15.9 Å². The number of carboxylic acids is 1. The number of rotatable bonds is 5. The Morgan fingerprint density at radius 2 is 2.05 bits per heavy atom. The van der Waals surface area contributed by atoms with Crippen molar-refractivity contribution in [3.63, 3.8) is 0 Å². The first-order valence-corrected chi connectivity index (χ1v) is 7.18. The predicted octanol–water partition coefficient (Wildman–Crippen LogP) is 1.74. The second kappa shape index (κ2) is 6.37. The average Bonchev–Trinajstić information content (AvgIpc) is 2.88. The molecule has 1 aliphatic rings. The highest BCUT2D eigenvalue weighted by atomic mass is 79.9. The molecule has 0 spiro atoms. The number of amides is 1. The molecule has 1 heterocycles. The van der Waals surface area contributed by atoms with Gasteiger partial charge in [0.05, 0.1) is 6.61 Å².